The smallest absolute Gasteiger partial charge is 0.275 e. The molecule has 3 N–H and O–H groups in total. The van der Waals surface area contributed by atoms with Crippen molar-refractivity contribution in [3.63, 3.8) is 0 Å². The number of fused-ring (bicyclic) bond motifs is 2. The lowest BCUT2D eigenvalue weighted by molar-refractivity contribution is -0.116. The van der Waals surface area contributed by atoms with Gasteiger partial charge >= 0.3 is 0 Å². The summed E-state index contributed by atoms with van der Waals surface area (Å²) in [4.78, 5) is 25.3. The highest BCUT2D eigenvalue weighted by Crippen LogP contribution is 2.25. The van der Waals surface area contributed by atoms with Gasteiger partial charge in [-0.25, -0.2) is 5.43 Å². The minimum absolute atomic E-state index is 0.113. The number of para-hydroxylation sites is 1. The molecule has 1 heterocycles. The van der Waals surface area contributed by atoms with E-state index in [4.69, 9.17) is 0 Å². The number of phenols is 1. The van der Waals surface area contributed by atoms with Crippen LogP contribution in [0.5, 0.6) is 5.75 Å². The number of nitrogens with one attached hydrogen (secondary N) is 2. The number of hydrogen-bond acceptors (Lipinski definition) is 4. The maximum absolute atomic E-state index is 12.7. The second-order valence-electron chi connectivity index (χ2n) is 8.56. The van der Waals surface area contributed by atoms with Crippen LogP contribution in [0, 0.1) is 6.92 Å². The first-order valence-electron chi connectivity index (χ1n) is 11.5. The zero-order valence-electron chi connectivity index (χ0n) is 19.6. The standard InChI is InChI=1S/C29H24N4O3/c1-19-10-12-23(13-11-19)31-28(35)18-33-17-22(24-8-4-5-9-26(24)33)16-30-32-29(36)25-14-20-6-2-3-7-21(20)15-27(25)34/h2-17,34H,18H2,1H3,(H,31,35)(H,32,36). The Morgan fingerprint density at radius 2 is 1.64 bits per heavy atom. The third kappa shape index (κ3) is 4.81. The van der Waals surface area contributed by atoms with Crippen LogP contribution < -0.4 is 10.7 Å². The van der Waals surface area contributed by atoms with Crippen molar-refractivity contribution >= 4 is 45.4 Å². The van der Waals surface area contributed by atoms with Gasteiger partial charge < -0.3 is 15.0 Å². The number of benzene rings is 4. The molecule has 5 rings (SSSR count). The molecule has 0 atom stereocenters. The number of phenolic OH excluding ortho intramolecular Hbond substituents is 1. The number of aryl methyl sites for hydroxylation is 1. The van der Waals surface area contributed by atoms with Crippen LogP contribution in [0.4, 0.5) is 5.69 Å². The maximum Gasteiger partial charge on any atom is 0.275 e. The van der Waals surface area contributed by atoms with Gasteiger partial charge in [-0.2, -0.15) is 5.10 Å². The number of nitrogens with zero attached hydrogens (tertiary/aromatic N) is 2. The van der Waals surface area contributed by atoms with E-state index >= 15 is 0 Å². The second kappa shape index (κ2) is 9.76. The Morgan fingerprint density at radius 3 is 2.42 bits per heavy atom. The molecule has 7 heteroatoms. The number of anilines is 1. The van der Waals surface area contributed by atoms with Crippen molar-refractivity contribution in [1.82, 2.24) is 9.99 Å². The van der Waals surface area contributed by atoms with E-state index in [1.165, 1.54) is 6.21 Å². The van der Waals surface area contributed by atoms with Gasteiger partial charge in [0.1, 0.15) is 12.3 Å². The maximum atomic E-state index is 12.7. The van der Waals surface area contributed by atoms with Crippen LogP contribution in [0.1, 0.15) is 21.5 Å². The van der Waals surface area contributed by atoms with Crippen molar-refractivity contribution in [2.75, 3.05) is 5.32 Å². The van der Waals surface area contributed by atoms with Crippen LogP contribution in [0.2, 0.25) is 0 Å². The molecule has 7 nitrogen and oxygen atoms in total. The predicted octanol–water partition coefficient (Wildman–Crippen LogP) is 5.21. The number of aromatic hydroxyl groups is 1. The Morgan fingerprint density at radius 1 is 0.944 bits per heavy atom. The fraction of sp³-hybridized carbons (Fsp3) is 0.0690. The Labute approximate surface area is 207 Å². The van der Waals surface area contributed by atoms with Crippen LogP contribution in [-0.2, 0) is 11.3 Å². The molecule has 0 aliphatic heterocycles. The molecule has 5 aromatic rings. The van der Waals surface area contributed by atoms with Crippen molar-refractivity contribution in [1.29, 1.82) is 0 Å². The monoisotopic (exact) mass is 476 g/mol. The van der Waals surface area contributed by atoms with Gasteiger partial charge in [-0.1, -0.05) is 60.2 Å². The zero-order valence-corrected chi connectivity index (χ0v) is 19.6. The quantitative estimate of drug-likeness (QED) is 0.232. The average Bonchev–Trinajstić information content (AvgIpc) is 3.22. The highest BCUT2D eigenvalue weighted by molar-refractivity contribution is 6.03. The number of carbonyl (C=O) groups excluding carboxylic acids is 2. The first-order valence-corrected chi connectivity index (χ1v) is 11.5. The summed E-state index contributed by atoms with van der Waals surface area (Å²) in [5.74, 6) is -0.781. The Bertz CT molecular complexity index is 1620. The summed E-state index contributed by atoms with van der Waals surface area (Å²) >= 11 is 0. The van der Waals surface area contributed by atoms with Crippen LogP contribution in [-0.4, -0.2) is 27.7 Å². The highest BCUT2D eigenvalue weighted by Gasteiger charge is 2.13. The van der Waals surface area contributed by atoms with E-state index in [0.717, 1.165) is 38.5 Å². The fourth-order valence-electron chi connectivity index (χ4n) is 4.13. The molecule has 4 aromatic carbocycles. The van der Waals surface area contributed by atoms with Gasteiger partial charge in [-0.15, -0.1) is 0 Å². The Kier molecular flexibility index (Phi) is 6.19. The number of hydrazone groups is 1. The lowest BCUT2D eigenvalue weighted by atomic mass is 10.1. The minimum atomic E-state index is -0.518. The molecule has 178 valence electrons. The summed E-state index contributed by atoms with van der Waals surface area (Å²) in [5.41, 5.74) is 6.11. The van der Waals surface area contributed by atoms with E-state index in [-0.39, 0.29) is 23.8 Å². The largest absolute Gasteiger partial charge is 0.507 e. The van der Waals surface area contributed by atoms with Crippen molar-refractivity contribution in [3.8, 4) is 5.75 Å². The fourth-order valence-corrected chi connectivity index (χ4v) is 4.13. The minimum Gasteiger partial charge on any atom is -0.507 e. The molecular weight excluding hydrogens is 452 g/mol. The molecule has 0 aliphatic rings. The van der Waals surface area contributed by atoms with Crippen LogP contribution in [0.15, 0.2) is 96.2 Å². The molecule has 0 spiro atoms. The van der Waals surface area contributed by atoms with Gasteiger partial charge in [0, 0.05) is 28.4 Å². The first-order chi connectivity index (χ1) is 17.5. The molecular formula is C29H24N4O3. The SMILES string of the molecule is Cc1ccc(NC(=O)Cn2cc(C=NNC(=O)c3cc4ccccc4cc3O)c3ccccc32)cc1. The Hall–Kier alpha value is -4.91. The lowest BCUT2D eigenvalue weighted by Gasteiger charge is -2.07. The summed E-state index contributed by atoms with van der Waals surface area (Å²) in [6.07, 6.45) is 3.36. The molecule has 0 aliphatic carbocycles. The molecule has 36 heavy (non-hydrogen) atoms. The van der Waals surface area contributed by atoms with E-state index in [1.54, 1.807) is 12.1 Å². The molecule has 0 saturated carbocycles. The van der Waals surface area contributed by atoms with E-state index in [2.05, 4.69) is 15.8 Å². The summed E-state index contributed by atoms with van der Waals surface area (Å²) < 4.78 is 1.84. The van der Waals surface area contributed by atoms with Crippen molar-refractivity contribution in [3.05, 3.63) is 108 Å². The predicted molar refractivity (Wildman–Crippen MR) is 142 cm³/mol. The van der Waals surface area contributed by atoms with Gasteiger partial charge in [0.15, 0.2) is 0 Å². The van der Waals surface area contributed by atoms with Gasteiger partial charge in [-0.3, -0.25) is 9.59 Å². The summed E-state index contributed by atoms with van der Waals surface area (Å²) in [6, 6.07) is 26.0. The molecule has 0 saturated heterocycles. The lowest BCUT2D eigenvalue weighted by Crippen LogP contribution is -2.18. The number of aromatic nitrogens is 1. The third-order valence-corrected chi connectivity index (χ3v) is 5.95. The normalized spacial score (nSPS) is 11.2. The van der Waals surface area contributed by atoms with Crippen LogP contribution >= 0.6 is 0 Å². The highest BCUT2D eigenvalue weighted by atomic mass is 16.3. The molecule has 0 fully saturated rings. The zero-order chi connectivity index (χ0) is 25.1. The molecule has 1 aromatic heterocycles. The summed E-state index contributed by atoms with van der Waals surface area (Å²) in [5, 5.41) is 19.9. The van der Waals surface area contributed by atoms with Crippen LogP contribution in [0.3, 0.4) is 0 Å². The molecule has 0 radical (unpaired) electrons. The summed E-state index contributed by atoms with van der Waals surface area (Å²) in [7, 11) is 0. The average molecular weight is 477 g/mol. The molecule has 0 unspecified atom stereocenters. The van der Waals surface area contributed by atoms with Gasteiger partial charge in [0.05, 0.1) is 11.8 Å². The molecule has 0 bridgehead atoms. The van der Waals surface area contributed by atoms with E-state index in [0.29, 0.717) is 0 Å². The van der Waals surface area contributed by atoms with E-state index < -0.39 is 5.91 Å². The molecule has 2 amide bonds. The summed E-state index contributed by atoms with van der Waals surface area (Å²) in [6.45, 7) is 2.12. The van der Waals surface area contributed by atoms with Crippen LogP contribution in [0.25, 0.3) is 21.7 Å². The first kappa shape index (κ1) is 22.9. The number of carbonyl (C=O) groups is 2. The van der Waals surface area contributed by atoms with Crippen molar-refractivity contribution in [2.45, 2.75) is 13.5 Å². The van der Waals surface area contributed by atoms with Crippen molar-refractivity contribution in [2.24, 2.45) is 5.10 Å². The third-order valence-electron chi connectivity index (χ3n) is 5.95. The van der Waals surface area contributed by atoms with Gasteiger partial charge in [0.25, 0.3) is 5.91 Å². The Balaban J connectivity index is 1.33. The second-order valence-corrected chi connectivity index (χ2v) is 8.56. The number of amides is 2. The number of rotatable bonds is 6. The topological polar surface area (TPSA) is 95.7 Å². The van der Waals surface area contributed by atoms with Gasteiger partial charge in [-0.05, 0) is 48.0 Å². The van der Waals surface area contributed by atoms with E-state index in [9.17, 15) is 14.7 Å². The van der Waals surface area contributed by atoms with Gasteiger partial charge in [0.2, 0.25) is 5.91 Å². The number of hydrogen-bond donors (Lipinski definition) is 3. The van der Waals surface area contributed by atoms with Crippen molar-refractivity contribution < 1.29 is 14.7 Å². The van der Waals surface area contributed by atoms with E-state index in [1.807, 2.05) is 90.5 Å².